The number of benzene rings is 2. The van der Waals surface area contributed by atoms with E-state index >= 15 is 0 Å². The monoisotopic (exact) mass is 409 g/mol. The number of aromatic nitrogens is 1. The molecular weight excluding hydrogens is 393 g/mol. The number of ketones is 1. The van der Waals surface area contributed by atoms with Gasteiger partial charge in [-0.2, -0.15) is 5.26 Å². The Morgan fingerprint density at radius 2 is 1.86 bits per heavy atom. The van der Waals surface area contributed by atoms with Gasteiger partial charge in [0.15, 0.2) is 5.78 Å². The highest BCUT2D eigenvalue weighted by molar-refractivity contribution is 6.28. The lowest BCUT2D eigenvalue weighted by Crippen LogP contribution is -2.51. The fraction of sp³-hybridized carbons (Fsp3) is 0.227. The molecule has 0 radical (unpaired) electrons. The lowest BCUT2D eigenvalue weighted by Gasteiger charge is -2.41. The second-order valence-corrected chi connectivity index (χ2v) is 7.34. The molecule has 1 aromatic heterocycles. The van der Waals surface area contributed by atoms with E-state index in [1.807, 2.05) is 29.2 Å². The summed E-state index contributed by atoms with van der Waals surface area (Å²) in [5.41, 5.74) is 1.64. The third-order valence-electron chi connectivity index (χ3n) is 5.30. The smallest absolute Gasteiger partial charge is 0.271 e. The average Bonchev–Trinajstić information content (AvgIpc) is 2.71. The van der Waals surface area contributed by atoms with Crippen LogP contribution in [0.4, 0.5) is 10.1 Å². The number of carbonyl (C=O) groups excluding carboxylic acids is 1. The maximum Gasteiger partial charge on any atom is 0.271 e. The Balaban J connectivity index is 1.83. The molecule has 0 amide bonds. The first-order chi connectivity index (χ1) is 14.0. The molecule has 4 rings (SSSR count). The first kappa shape index (κ1) is 19.2. The summed E-state index contributed by atoms with van der Waals surface area (Å²) >= 11 is 5.64. The zero-order valence-electron chi connectivity index (χ0n) is 15.4. The van der Waals surface area contributed by atoms with Crippen molar-refractivity contribution in [1.29, 1.82) is 5.26 Å². The van der Waals surface area contributed by atoms with Gasteiger partial charge in [-0.15, -0.1) is 11.6 Å². The molecule has 7 heteroatoms. The van der Waals surface area contributed by atoms with Gasteiger partial charge in [0.05, 0.1) is 29.5 Å². The number of hydrogen-bond donors (Lipinski definition) is 0. The van der Waals surface area contributed by atoms with Gasteiger partial charge in [0, 0.05) is 18.5 Å². The maximum absolute atomic E-state index is 13.2. The van der Waals surface area contributed by atoms with Gasteiger partial charge in [-0.1, -0.05) is 30.3 Å². The predicted molar refractivity (Wildman–Crippen MR) is 110 cm³/mol. The van der Waals surface area contributed by atoms with Crippen LogP contribution >= 0.6 is 11.6 Å². The number of nitrogens with zero attached hydrogens (tertiary/aromatic N) is 3. The van der Waals surface area contributed by atoms with Crippen LogP contribution in [0.1, 0.15) is 11.1 Å². The Kier molecular flexibility index (Phi) is 5.08. The number of carbonyl (C=O) groups is 1. The summed E-state index contributed by atoms with van der Waals surface area (Å²) in [6.07, 6.45) is 0. The third-order valence-corrected chi connectivity index (χ3v) is 5.56. The van der Waals surface area contributed by atoms with E-state index in [9.17, 15) is 19.2 Å². The summed E-state index contributed by atoms with van der Waals surface area (Å²) in [5, 5.41) is 10.5. The topological polar surface area (TPSA) is 66.1 Å². The molecule has 2 aromatic carbocycles. The standard InChI is InChI=1S/C22H17ClFN3O2/c23-9-20(28)15-12-26(13-15)21-17-3-1-2-4-19(17)27(22(29)18(21)10-25)11-14-5-7-16(24)8-6-14/h1-8,15H,9,11-13H2. The molecule has 3 aromatic rings. The number of para-hydroxylation sites is 1. The fourth-order valence-corrected chi connectivity index (χ4v) is 3.94. The second-order valence-electron chi connectivity index (χ2n) is 7.07. The Morgan fingerprint density at radius 3 is 2.52 bits per heavy atom. The van der Waals surface area contributed by atoms with E-state index in [0.29, 0.717) is 24.3 Å². The van der Waals surface area contributed by atoms with Crippen molar-refractivity contribution in [3.05, 3.63) is 75.8 Å². The van der Waals surface area contributed by atoms with Gasteiger partial charge in [-0.25, -0.2) is 4.39 Å². The van der Waals surface area contributed by atoms with E-state index < -0.39 is 5.56 Å². The maximum atomic E-state index is 13.2. The molecule has 0 N–H and O–H groups in total. The molecule has 0 saturated carbocycles. The lowest BCUT2D eigenvalue weighted by atomic mass is 9.93. The van der Waals surface area contributed by atoms with Gasteiger partial charge >= 0.3 is 0 Å². The predicted octanol–water partition coefficient (Wildman–Crippen LogP) is 3.30. The molecule has 29 heavy (non-hydrogen) atoms. The molecule has 146 valence electrons. The molecule has 5 nitrogen and oxygen atoms in total. The zero-order valence-corrected chi connectivity index (χ0v) is 16.2. The molecule has 1 fully saturated rings. The van der Waals surface area contributed by atoms with Crippen molar-refractivity contribution in [3.63, 3.8) is 0 Å². The summed E-state index contributed by atoms with van der Waals surface area (Å²) in [5.74, 6) is -0.600. The van der Waals surface area contributed by atoms with Gasteiger partial charge in [-0.05, 0) is 23.8 Å². The number of pyridine rings is 1. The average molecular weight is 410 g/mol. The minimum absolute atomic E-state index is 0.0321. The van der Waals surface area contributed by atoms with Crippen molar-refractivity contribution in [2.75, 3.05) is 23.9 Å². The SMILES string of the molecule is N#Cc1c(N2CC(C(=O)CCl)C2)c2ccccc2n(Cc2ccc(F)cc2)c1=O. The number of alkyl halides is 1. The van der Waals surface area contributed by atoms with Crippen molar-refractivity contribution < 1.29 is 9.18 Å². The van der Waals surface area contributed by atoms with Crippen LogP contribution in [0.25, 0.3) is 10.9 Å². The summed E-state index contributed by atoms with van der Waals surface area (Å²) in [7, 11) is 0. The van der Waals surface area contributed by atoms with E-state index in [1.54, 1.807) is 12.1 Å². The van der Waals surface area contributed by atoms with Gasteiger partial charge in [0.1, 0.15) is 17.4 Å². The Morgan fingerprint density at radius 1 is 1.17 bits per heavy atom. The van der Waals surface area contributed by atoms with Gasteiger partial charge < -0.3 is 9.47 Å². The Labute approximate surface area is 171 Å². The number of Topliss-reactive ketones (excluding diaryl/α,β-unsaturated/α-hetero) is 1. The number of halogens is 2. The molecule has 0 bridgehead atoms. The number of nitriles is 1. The van der Waals surface area contributed by atoms with Crippen LogP contribution in [0, 0.1) is 23.1 Å². The quantitative estimate of drug-likeness (QED) is 0.606. The van der Waals surface area contributed by atoms with Crippen LogP contribution in [0.3, 0.4) is 0 Å². The molecule has 0 atom stereocenters. The van der Waals surface area contributed by atoms with E-state index in [1.165, 1.54) is 16.7 Å². The van der Waals surface area contributed by atoms with E-state index in [-0.39, 0.29) is 35.5 Å². The van der Waals surface area contributed by atoms with Crippen LogP contribution in [0.15, 0.2) is 53.3 Å². The fourth-order valence-electron chi connectivity index (χ4n) is 3.72. The van der Waals surface area contributed by atoms with Gasteiger partial charge in [0.2, 0.25) is 0 Å². The van der Waals surface area contributed by atoms with E-state index in [4.69, 9.17) is 11.6 Å². The molecule has 2 heterocycles. The van der Waals surface area contributed by atoms with Crippen molar-refractivity contribution in [2.45, 2.75) is 6.54 Å². The number of anilines is 1. The van der Waals surface area contributed by atoms with Crippen LogP contribution in [0.2, 0.25) is 0 Å². The highest BCUT2D eigenvalue weighted by Gasteiger charge is 2.35. The highest BCUT2D eigenvalue weighted by Crippen LogP contribution is 2.34. The second kappa shape index (κ2) is 7.69. The van der Waals surface area contributed by atoms with Crippen molar-refractivity contribution in [3.8, 4) is 6.07 Å². The molecule has 0 spiro atoms. The van der Waals surface area contributed by atoms with E-state index in [2.05, 4.69) is 6.07 Å². The number of fused-ring (bicyclic) bond motifs is 1. The van der Waals surface area contributed by atoms with Crippen LogP contribution in [-0.4, -0.2) is 29.3 Å². The third kappa shape index (κ3) is 3.39. The summed E-state index contributed by atoms with van der Waals surface area (Å²) < 4.78 is 14.8. The lowest BCUT2D eigenvalue weighted by molar-refractivity contribution is -0.121. The molecule has 1 saturated heterocycles. The summed E-state index contributed by atoms with van der Waals surface area (Å²) in [6.45, 7) is 1.10. The van der Waals surface area contributed by atoms with Crippen LogP contribution in [0.5, 0.6) is 0 Å². The van der Waals surface area contributed by atoms with Crippen LogP contribution < -0.4 is 10.5 Å². The first-order valence-corrected chi connectivity index (χ1v) is 9.70. The zero-order chi connectivity index (χ0) is 20.5. The molecular formula is C22H17ClFN3O2. The largest absolute Gasteiger partial charge is 0.368 e. The molecule has 1 aliphatic rings. The number of hydrogen-bond acceptors (Lipinski definition) is 4. The minimum atomic E-state index is -0.405. The highest BCUT2D eigenvalue weighted by atomic mass is 35.5. The van der Waals surface area contributed by atoms with E-state index in [0.717, 1.165) is 10.9 Å². The Bertz CT molecular complexity index is 1190. The first-order valence-electron chi connectivity index (χ1n) is 9.17. The van der Waals surface area contributed by atoms with Crippen molar-refractivity contribution in [2.24, 2.45) is 5.92 Å². The Hall–Kier alpha value is -3.17. The van der Waals surface area contributed by atoms with Gasteiger partial charge in [0.25, 0.3) is 5.56 Å². The van der Waals surface area contributed by atoms with Crippen molar-refractivity contribution >= 4 is 34.0 Å². The number of rotatable bonds is 5. The van der Waals surface area contributed by atoms with Crippen molar-refractivity contribution in [1.82, 2.24) is 4.57 Å². The summed E-state index contributed by atoms with van der Waals surface area (Å²) in [6, 6.07) is 15.3. The molecule has 1 aliphatic heterocycles. The summed E-state index contributed by atoms with van der Waals surface area (Å²) in [4.78, 5) is 26.9. The van der Waals surface area contributed by atoms with Crippen LogP contribution in [-0.2, 0) is 11.3 Å². The normalized spacial score (nSPS) is 13.9. The molecule has 0 aliphatic carbocycles. The van der Waals surface area contributed by atoms with Gasteiger partial charge in [-0.3, -0.25) is 9.59 Å². The minimum Gasteiger partial charge on any atom is -0.368 e. The molecule has 0 unspecified atom stereocenters.